The zero-order chi connectivity index (χ0) is 32.0. The lowest BCUT2D eigenvalue weighted by atomic mass is 9.99. The summed E-state index contributed by atoms with van der Waals surface area (Å²) >= 11 is 11.8. The van der Waals surface area contributed by atoms with E-state index in [4.69, 9.17) is 11.6 Å². The summed E-state index contributed by atoms with van der Waals surface area (Å²) in [5, 5.41) is 0.798. The van der Waals surface area contributed by atoms with Crippen molar-refractivity contribution >= 4 is 82.0 Å². The Hall–Kier alpha value is -1.97. The van der Waals surface area contributed by atoms with Crippen LogP contribution >= 0.6 is 59.3 Å². The Morgan fingerprint density at radius 3 is 2.00 bits per heavy atom. The standard InChI is InChI=1S/C21H26N2S2.C17H19ClN2S.ClH/c1-22-13-6-5-7-16(22)12-14-23-18-8-3-4-9-20(18)25-21-11-10-17(24-2)15-19(21)23;1-19(2)10-5-11-20-14-6-3-4-7-16(14)21-17-9-8-13(18)12-15(17)20;/h3-4,8-11,15-16H,5-7,12-14H2,1-2H3;3-4,6-9,12H,5,10-11H2,1-2H3;1H. The van der Waals surface area contributed by atoms with Crippen LogP contribution in [0.2, 0.25) is 5.02 Å². The average Bonchev–Trinajstić information content (AvgIpc) is 3.07. The van der Waals surface area contributed by atoms with Crippen molar-refractivity contribution in [3.05, 3.63) is 90.0 Å². The first-order chi connectivity index (χ1) is 22.4. The maximum Gasteiger partial charge on any atom is 0.0567 e. The summed E-state index contributed by atoms with van der Waals surface area (Å²) < 4.78 is 0. The van der Waals surface area contributed by atoms with Crippen LogP contribution in [0.25, 0.3) is 0 Å². The third-order valence-electron chi connectivity index (χ3n) is 9.02. The third-order valence-corrected chi connectivity index (χ3v) is 12.2. The van der Waals surface area contributed by atoms with Gasteiger partial charge >= 0.3 is 0 Å². The van der Waals surface area contributed by atoms with Crippen LogP contribution < -0.4 is 9.80 Å². The number of nitrogens with zero attached hydrogens (tertiary/aromatic N) is 4. The van der Waals surface area contributed by atoms with Crippen LogP contribution in [0.4, 0.5) is 22.7 Å². The van der Waals surface area contributed by atoms with Gasteiger partial charge in [-0.2, -0.15) is 0 Å². The van der Waals surface area contributed by atoms with Crippen LogP contribution in [0.3, 0.4) is 0 Å². The first-order valence-electron chi connectivity index (χ1n) is 16.3. The van der Waals surface area contributed by atoms with E-state index in [0.29, 0.717) is 0 Å². The third kappa shape index (κ3) is 8.80. The molecule has 3 heterocycles. The van der Waals surface area contributed by atoms with E-state index in [-0.39, 0.29) is 12.4 Å². The van der Waals surface area contributed by atoms with E-state index in [1.807, 2.05) is 41.4 Å². The van der Waals surface area contributed by atoms with E-state index < -0.39 is 0 Å². The smallest absolute Gasteiger partial charge is 0.0567 e. The highest BCUT2D eigenvalue weighted by Gasteiger charge is 2.26. The minimum absolute atomic E-state index is 0. The molecule has 0 bridgehead atoms. The van der Waals surface area contributed by atoms with Crippen molar-refractivity contribution in [1.29, 1.82) is 0 Å². The lowest BCUT2D eigenvalue weighted by molar-refractivity contribution is 0.178. The van der Waals surface area contributed by atoms with Crippen LogP contribution in [0.5, 0.6) is 0 Å². The van der Waals surface area contributed by atoms with E-state index in [2.05, 4.69) is 126 Å². The maximum absolute atomic E-state index is 6.21. The minimum Gasteiger partial charge on any atom is -0.340 e. The van der Waals surface area contributed by atoms with Crippen molar-refractivity contribution in [2.45, 2.75) is 62.6 Å². The van der Waals surface area contributed by atoms with Gasteiger partial charge in [-0.05, 0) is 127 Å². The Kier molecular flexibility index (Phi) is 13.2. The minimum atomic E-state index is 0. The molecular formula is C38H46Cl2N4S3. The molecule has 0 spiro atoms. The number of hydrogen-bond acceptors (Lipinski definition) is 7. The highest BCUT2D eigenvalue weighted by Crippen LogP contribution is 2.50. The van der Waals surface area contributed by atoms with Crippen LogP contribution in [-0.2, 0) is 0 Å². The van der Waals surface area contributed by atoms with Gasteiger partial charge in [-0.1, -0.05) is 65.8 Å². The molecule has 0 radical (unpaired) electrons. The van der Waals surface area contributed by atoms with Gasteiger partial charge in [-0.25, -0.2) is 0 Å². The highest BCUT2D eigenvalue weighted by molar-refractivity contribution is 8.00. The number of rotatable bonds is 8. The summed E-state index contributed by atoms with van der Waals surface area (Å²) in [6, 6.07) is 31.3. The van der Waals surface area contributed by atoms with Crippen molar-refractivity contribution in [3.8, 4) is 0 Å². The average molecular weight is 726 g/mol. The van der Waals surface area contributed by atoms with Gasteiger partial charge in [0.25, 0.3) is 0 Å². The van der Waals surface area contributed by atoms with Gasteiger partial charge in [0, 0.05) is 48.6 Å². The zero-order valence-electron chi connectivity index (χ0n) is 27.8. The summed E-state index contributed by atoms with van der Waals surface area (Å²) in [6.07, 6.45) is 8.60. The molecule has 47 heavy (non-hydrogen) atoms. The summed E-state index contributed by atoms with van der Waals surface area (Å²) in [5.41, 5.74) is 5.27. The molecule has 0 aliphatic carbocycles. The van der Waals surface area contributed by atoms with Gasteiger partial charge in [0.05, 0.1) is 22.7 Å². The van der Waals surface area contributed by atoms with E-state index >= 15 is 0 Å². The number of para-hydroxylation sites is 2. The van der Waals surface area contributed by atoms with Crippen molar-refractivity contribution in [3.63, 3.8) is 0 Å². The maximum atomic E-state index is 6.21. The van der Waals surface area contributed by atoms with Crippen molar-refractivity contribution in [2.24, 2.45) is 0 Å². The number of fused-ring (bicyclic) bond motifs is 4. The van der Waals surface area contributed by atoms with Crippen LogP contribution in [0, 0.1) is 0 Å². The summed E-state index contributed by atoms with van der Waals surface area (Å²) in [4.78, 5) is 16.5. The molecule has 3 aliphatic heterocycles. The predicted octanol–water partition coefficient (Wildman–Crippen LogP) is 11.2. The van der Waals surface area contributed by atoms with Gasteiger partial charge in [0.1, 0.15) is 0 Å². The zero-order valence-corrected chi connectivity index (χ0v) is 31.8. The quantitative estimate of drug-likeness (QED) is 0.166. The highest BCUT2D eigenvalue weighted by atomic mass is 35.5. The fourth-order valence-electron chi connectivity index (χ4n) is 6.55. The lowest BCUT2D eigenvalue weighted by Gasteiger charge is -2.37. The molecular weight excluding hydrogens is 680 g/mol. The number of anilines is 4. The van der Waals surface area contributed by atoms with Gasteiger partial charge in [-0.3, -0.25) is 0 Å². The van der Waals surface area contributed by atoms with E-state index in [1.165, 1.54) is 79.5 Å². The second-order valence-electron chi connectivity index (χ2n) is 12.5. The van der Waals surface area contributed by atoms with E-state index in [9.17, 15) is 0 Å². The van der Waals surface area contributed by atoms with Crippen LogP contribution in [0.1, 0.15) is 32.1 Å². The molecule has 4 nitrogen and oxygen atoms in total. The molecule has 9 heteroatoms. The number of likely N-dealkylation sites (tertiary alicyclic amines) is 1. The number of piperidine rings is 1. The van der Waals surface area contributed by atoms with Gasteiger partial charge < -0.3 is 19.6 Å². The molecule has 0 saturated carbocycles. The number of benzene rings is 4. The number of halogens is 2. The fraction of sp³-hybridized carbons (Fsp3) is 0.368. The normalized spacial score (nSPS) is 16.7. The molecule has 0 amide bonds. The summed E-state index contributed by atoms with van der Waals surface area (Å²) in [6.45, 7) is 4.44. The predicted molar refractivity (Wildman–Crippen MR) is 210 cm³/mol. The van der Waals surface area contributed by atoms with Crippen molar-refractivity contribution < 1.29 is 0 Å². The Balaban J connectivity index is 0.000000183. The lowest BCUT2D eigenvalue weighted by Crippen LogP contribution is -2.38. The largest absolute Gasteiger partial charge is 0.340 e. The van der Waals surface area contributed by atoms with Gasteiger partial charge in [0.2, 0.25) is 0 Å². The fourth-order valence-corrected chi connectivity index (χ4v) is 9.30. The Labute approximate surface area is 306 Å². The molecule has 250 valence electrons. The first-order valence-corrected chi connectivity index (χ1v) is 19.6. The van der Waals surface area contributed by atoms with Gasteiger partial charge in [-0.15, -0.1) is 24.2 Å². The Morgan fingerprint density at radius 1 is 0.766 bits per heavy atom. The first kappa shape index (κ1) is 36.3. The second kappa shape index (κ2) is 17.1. The molecule has 1 unspecified atom stereocenters. The molecule has 0 N–H and O–H groups in total. The van der Waals surface area contributed by atoms with E-state index in [1.54, 1.807) is 0 Å². The van der Waals surface area contributed by atoms with E-state index in [0.717, 1.165) is 37.1 Å². The molecule has 4 aromatic rings. The Morgan fingerprint density at radius 2 is 1.36 bits per heavy atom. The van der Waals surface area contributed by atoms with Crippen molar-refractivity contribution in [2.75, 3.05) is 63.4 Å². The molecule has 0 aromatic heterocycles. The topological polar surface area (TPSA) is 13.0 Å². The summed E-state index contributed by atoms with van der Waals surface area (Å²) in [7, 11) is 6.53. The number of thioether (sulfide) groups is 1. The van der Waals surface area contributed by atoms with Crippen LogP contribution in [0.15, 0.2) is 109 Å². The monoisotopic (exact) mass is 724 g/mol. The Bertz CT molecular complexity index is 1630. The van der Waals surface area contributed by atoms with Crippen molar-refractivity contribution in [1.82, 2.24) is 9.80 Å². The van der Waals surface area contributed by atoms with Gasteiger partial charge in [0.15, 0.2) is 0 Å². The SMILES string of the molecule is CN(C)CCCN1c2ccccc2Sc2ccc(Cl)cc21.CSc1ccc2c(c1)N(CCC1CCCCN1C)c1ccccc1S2.Cl. The molecule has 1 saturated heterocycles. The molecule has 3 aliphatic rings. The second-order valence-corrected chi connectivity index (χ2v) is 15.9. The molecule has 4 aromatic carbocycles. The van der Waals surface area contributed by atoms with Crippen LogP contribution in [-0.4, -0.2) is 69.4 Å². The molecule has 1 fully saturated rings. The number of hydrogen-bond donors (Lipinski definition) is 0. The molecule has 1 atom stereocenters. The summed E-state index contributed by atoms with van der Waals surface area (Å²) in [5.74, 6) is 0. The molecule has 7 rings (SSSR count).